The smallest absolute Gasteiger partial charge is 0.207 e. The lowest BCUT2D eigenvalue weighted by atomic mass is 9.92. The summed E-state index contributed by atoms with van der Waals surface area (Å²) in [6.07, 6.45) is 1.10. The molecule has 3 aromatic rings. The van der Waals surface area contributed by atoms with E-state index in [0.717, 1.165) is 31.0 Å². The van der Waals surface area contributed by atoms with E-state index < -0.39 is 0 Å². The highest BCUT2D eigenvalue weighted by atomic mass is 16.3. The van der Waals surface area contributed by atoms with Gasteiger partial charge in [-0.15, -0.1) is 15.3 Å². The van der Waals surface area contributed by atoms with Gasteiger partial charge in [0.2, 0.25) is 5.65 Å². The van der Waals surface area contributed by atoms with Gasteiger partial charge in [-0.05, 0) is 22.3 Å². The molecular formula is C16H24N10O. The average molecular weight is 372 g/mol. The van der Waals surface area contributed by atoms with Crippen molar-refractivity contribution < 1.29 is 5.11 Å². The molecule has 0 aliphatic carbocycles. The van der Waals surface area contributed by atoms with Crippen molar-refractivity contribution in [3.05, 3.63) is 11.6 Å². The minimum Gasteiger partial charge on any atom is -0.391 e. The number of aliphatic hydroxyl groups excluding tert-OH is 1. The molecule has 4 rings (SSSR count). The third kappa shape index (κ3) is 3.72. The topological polar surface area (TPSA) is 124 Å². The second-order valence-corrected chi connectivity index (χ2v) is 8.21. The molecule has 144 valence electrons. The van der Waals surface area contributed by atoms with Gasteiger partial charge >= 0.3 is 0 Å². The van der Waals surface area contributed by atoms with Crippen molar-refractivity contribution >= 4 is 17.0 Å². The first-order valence-electron chi connectivity index (χ1n) is 9.04. The number of aromatic nitrogens is 9. The van der Waals surface area contributed by atoms with Gasteiger partial charge in [0.05, 0.1) is 6.10 Å². The van der Waals surface area contributed by atoms with Gasteiger partial charge in [-0.2, -0.15) is 4.80 Å². The Bertz CT molecular complexity index is 956. The number of rotatable bonds is 4. The summed E-state index contributed by atoms with van der Waals surface area (Å²) in [6, 6.07) is 0. The van der Waals surface area contributed by atoms with Crippen molar-refractivity contribution in [1.82, 2.24) is 45.2 Å². The van der Waals surface area contributed by atoms with Crippen molar-refractivity contribution in [3.63, 3.8) is 0 Å². The Morgan fingerprint density at radius 1 is 1.19 bits per heavy atom. The first kappa shape index (κ1) is 17.7. The monoisotopic (exact) mass is 372 g/mol. The molecule has 0 aromatic carbocycles. The molecule has 11 nitrogen and oxygen atoms in total. The number of aliphatic hydroxyl groups is 1. The summed E-state index contributed by atoms with van der Waals surface area (Å²) in [6.45, 7) is 8.08. The quantitative estimate of drug-likeness (QED) is 0.671. The number of hydrogen-bond acceptors (Lipinski definition) is 9. The maximum atomic E-state index is 9.94. The molecule has 1 saturated heterocycles. The predicted molar refractivity (Wildman–Crippen MR) is 97.0 cm³/mol. The normalized spacial score (nSPS) is 18.0. The Morgan fingerprint density at radius 2 is 2.00 bits per heavy atom. The zero-order chi connectivity index (χ0) is 19.2. The van der Waals surface area contributed by atoms with Crippen LogP contribution in [0.15, 0.2) is 0 Å². The van der Waals surface area contributed by atoms with E-state index in [9.17, 15) is 5.11 Å². The fraction of sp³-hybridized carbons (Fsp3) is 0.688. The number of fused-ring (bicyclic) bond motifs is 1. The molecule has 1 aliphatic heterocycles. The van der Waals surface area contributed by atoms with E-state index in [-0.39, 0.29) is 11.5 Å². The fourth-order valence-corrected chi connectivity index (χ4v) is 3.17. The Labute approximate surface area is 156 Å². The standard InChI is InChI=1S/C16H24N10O/c1-16(2,3)7-11-17-14-13(15(18-11)25-6-5-10(27)8-25)20-26(21-14)9-12-19-22-23-24(12)4/h10,27H,5-9H2,1-4H3/t10-/m0/s1. The molecule has 1 aliphatic rings. The number of β-amino-alcohol motifs (C(OH)–C–C–N with tert-alkyl or cyclic N) is 1. The molecule has 11 heteroatoms. The Kier molecular flexibility index (Phi) is 4.25. The molecule has 0 spiro atoms. The summed E-state index contributed by atoms with van der Waals surface area (Å²) in [5.74, 6) is 2.12. The van der Waals surface area contributed by atoms with E-state index in [1.165, 1.54) is 0 Å². The number of nitrogens with zero attached hydrogens (tertiary/aromatic N) is 10. The van der Waals surface area contributed by atoms with Crippen LogP contribution in [0.5, 0.6) is 0 Å². The van der Waals surface area contributed by atoms with Gasteiger partial charge in [0.25, 0.3) is 0 Å². The first-order chi connectivity index (χ1) is 12.8. The second kappa shape index (κ2) is 6.48. The van der Waals surface area contributed by atoms with Crippen molar-refractivity contribution in [2.45, 2.75) is 46.3 Å². The zero-order valence-corrected chi connectivity index (χ0v) is 16.0. The fourth-order valence-electron chi connectivity index (χ4n) is 3.17. The highest BCUT2D eigenvalue weighted by Gasteiger charge is 2.27. The van der Waals surface area contributed by atoms with E-state index in [4.69, 9.17) is 4.98 Å². The molecule has 1 atom stereocenters. The van der Waals surface area contributed by atoms with E-state index in [1.807, 2.05) is 0 Å². The van der Waals surface area contributed by atoms with Gasteiger partial charge < -0.3 is 10.0 Å². The van der Waals surface area contributed by atoms with Crippen LogP contribution in [0.1, 0.15) is 38.8 Å². The molecule has 1 N–H and O–H groups in total. The summed E-state index contributed by atoms with van der Waals surface area (Å²) < 4.78 is 1.59. The summed E-state index contributed by atoms with van der Waals surface area (Å²) >= 11 is 0. The molecule has 0 unspecified atom stereocenters. The maximum absolute atomic E-state index is 9.94. The van der Waals surface area contributed by atoms with Gasteiger partial charge in [-0.3, -0.25) is 0 Å². The van der Waals surface area contributed by atoms with Crippen molar-refractivity contribution in [2.75, 3.05) is 18.0 Å². The molecule has 0 saturated carbocycles. The Morgan fingerprint density at radius 3 is 2.63 bits per heavy atom. The summed E-state index contributed by atoms with van der Waals surface area (Å²) in [4.78, 5) is 13.0. The molecular weight excluding hydrogens is 348 g/mol. The SMILES string of the molecule is Cn1nnnc1Cn1nc2nc(CC(C)(C)C)nc(N3CC[C@H](O)C3)c2n1. The minimum absolute atomic E-state index is 0.0514. The second-order valence-electron chi connectivity index (χ2n) is 8.21. The number of aryl methyl sites for hydroxylation is 1. The minimum atomic E-state index is -0.346. The van der Waals surface area contributed by atoms with Gasteiger partial charge in [0, 0.05) is 26.6 Å². The molecule has 27 heavy (non-hydrogen) atoms. The van der Waals surface area contributed by atoms with E-state index in [2.05, 4.69) is 56.4 Å². The molecule has 0 amide bonds. The molecule has 1 fully saturated rings. The molecule has 0 radical (unpaired) electrons. The maximum Gasteiger partial charge on any atom is 0.207 e. The largest absolute Gasteiger partial charge is 0.391 e. The van der Waals surface area contributed by atoms with Gasteiger partial charge in [-0.25, -0.2) is 14.6 Å². The lowest BCUT2D eigenvalue weighted by molar-refractivity contribution is 0.198. The molecule has 3 aromatic heterocycles. The zero-order valence-electron chi connectivity index (χ0n) is 16.0. The van der Waals surface area contributed by atoms with Crippen LogP contribution in [0.4, 0.5) is 5.82 Å². The highest BCUT2D eigenvalue weighted by molar-refractivity contribution is 5.82. The predicted octanol–water partition coefficient (Wildman–Crippen LogP) is -0.0473. The van der Waals surface area contributed by atoms with Crippen molar-refractivity contribution in [1.29, 1.82) is 0 Å². The van der Waals surface area contributed by atoms with Gasteiger partial charge in [-0.1, -0.05) is 20.8 Å². The van der Waals surface area contributed by atoms with Crippen LogP contribution in [0.2, 0.25) is 0 Å². The van der Waals surface area contributed by atoms with E-state index in [1.54, 1.807) is 16.5 Å². The summed E-state index contributed by atoms with van der Waals surface area (Å²) in [7, 11) is 1.77. The number of hydrogen-bond donors (Lipinski definition) is 1. The molecule has 4 heterocycles. The van der Waals surface area contributed by atoms with Crippen molar-refractivity contribution in [3.8, 4) is 0 Å². The van der Waals surface area contributed by atoms with Crippen LogP contribution in [-0.4, -0.2) is 69.5 Å². The van der Waals surface area contributed by atoms with Crippen LogP contribution < -0.4 is 4.90 Å². The van der Waals surface area contributed by atoms with Crippen LogP contribution in [-0.2, 0) is 20.0 Å². The average Bonchev–Trinajstić information content (AvgIpc) is 3.26. The van der Waals surface area contributed by atoms with Crippen LogP contribution in [0.3, 0.4) is 0 Å². The van der Waals surface area contributed by atoms with Crippen LogP contribution >= 0.6 is 0 Å². The van der Waals surface area contributed by atoms with Gasteiger partial charge in [0.15, 0.2) is 17.2 Å². The highest BCUT2D eigenvalue weighted by Crippen LogP contribution is 2.27. The van der Waals surface area contributed by atoms with E-state index in [0.29, 0.717) is 30.1 Å². The third-order valence-corrected chi connectivity index (χ3v) is 4.46. The molecule has 0 bridgehead atoms. The first-order valence-corrected chi connectivity index (χ1v) is 9.04. The van der Waals surface area contributed by atoms with Crippen LogP contribution in [0, 0.1) is 5.41 Å². The summed E-state index contributed by atoms with van der Waals surface area (Å²) in [5, 5.41) is 30.5. The lowest BCUT2D eigenvalue weighted by Crippen LogP contribution is -2.24. The Balaban J connectivity index is 1.76. The van der Waals surface area contributed by atoms with Crippen molar-refractivity contribution in [2.24, 2.45) is 12.5 Å². The number of tetrazole rings is 1. The third-order valence-electron chi connectivity index (χ3n) is 4.46. The number of anilines is 1. The lowest BCUT2D eigenvalue weighted by Gasteiger charge is -2.20. The summed E-state index contributed by atoms with van der Waals surface area (Å²) in [5.41, 5.74) is 1.24. The Hall–Kier alpha value is -2.69. The van der Waals surface area contributed by atoms with Crippen LogP contribution in [0.25, 0.3) is 11.2 Å². The van der Waals surface area contributed by atoms with Gasteiger partial charge in [0.1, 0.15) is 12.4 Å². The van der Waals surface area contributed by atoms with E-state index >= 15 is 0 Å².